The van der Waals surface area contributed by atoms with Gasteiger partial charge in [-0.05, 0) is 72.9 Å². The fourth-order valence-electron chi connectivity index (χ4n) is 3.81. The minimum absolute atomic E-state index is 0.0335. The second-order valence-corrected chi connectivity index (χ2v) is 9.28. The summed E-state index contributed by atoms with van der Waals surface area (Å²) in [6.07, 6.45) is -0.923. The lowest BCUT2D eigenvalue weighted by Gasteiger charge is -2.28. The summed E-state index contributed by atoms with van der Waals surface area (Å²) in [5, 5.41) is 0. The summed E-state index contributed by atoms with van der Waals surface area (Å²) in [6, 6.07) is 6.15. The molecule has 2 aromatic carbocycles. The molecule has 0 bridgehead atoms. The predicted octanol–water partition coefficient (Wildman–Crippen LogP) is 5.90. The fourth-order valence-corrected chi connectivity index (χ4v) is 4.25. The van der Waals surface area contributed by atoms with Gasteiger partial charge in [-0.15, -0.1) is 0 Å². The lowest BCUT2D eigenvalue weighted by atomic mass is 9.78. The van der Waals surface area contributed by atoms with Crippen LogP contribution in [0.2, 0.25) is 0 Å². The van der Waals surface area contributed by atoms with E-state index < -0.39 is 33.5 Å². The molecule has 0 aromatic heterocycles. The van der Waals surface area contributed by atoms with Gasteiger partial charge in [0, 0.05) is 0 Å². The Hall–Kier alpha value is -2.00. The molecule has 0 spiro atoms. The highest BCUT2D eigenvalue weighted by Gasteiger charge is 2.30. The lowest BCUT2D eigenvalue weighted by molar-refractivity contribution is -0.137. The zero-order chi connectivity index (χ0) is 22.1. The highest BCUT2D eigenvalue weighted by molar-refractivity contribution is 7.85. The van der Waals surface area contributed by atoms with Gasteiger partial charge in [0.15, 0.2) is 0 Å². The molecule has 0 amide bonds. The third kappa shape index (κ3) is 5.57. The van der Waals surface area contributed by atoms with Gasteiger partial charge in [0.05, 0.1) is 24.0 Å². The Morgan fingerprint density at radius 1 is 0.967 bits per heavy atom. The molecule has 0 unspecified atom stereocenters. The molecule has 1 saturated carbocycles. The van der Waals surface area contributed by atoms with Gasteiger partial charge >= 0.3 is 6.18 Å². The average Bonchev–Trinajstić information content (AvgIpc) is 2.65. The second kappa shape index (κ2) is 8.63. The molecular formula is C21H21F5O3S. The molecule has 1 aliphatic carbocycles. The quantitative estimate of drug-likeness (QED) is 0.423. The molecule has 1 aliphatic rings. The average molecular weight is 448 g/mol. The molecule has 30 heavy (non-hydrogen) atoms. The van der Waals surface area contributed by atoms with E-state index in [0.29, 0.717) is 31.2 Å². The van der Waals surface area contributed by atoms with Crippen LogP contribution < -0.4 is 0 Å². The number of benzene rings is 2. The lowest BCUT2D eigenvalue weighted by Crippen LogP contribution is -2.19. The first-order chi connectivity index (χ1) is 13.9. The van der Waals surface area contributed by atoms with Gasteiger partial charge < -0.3 is 0 Å². The zero-order valence-electron chi connectivity index (χ0n) is 16.2. The molecular weight excluding hydrogens is 427 g/mol. The molecule has 3 nitrogen and oxygen atoms in total. The summed E-state index contributed by atoms with van der Waals surface area (Å²) < 4.78 is 94.4. The summed E-state index contributed by atoms with van der Waals surface area (Å²) in [5.41, 5.74) is -0.725. The van der Waals surface area contributed by atoms with Crippen molar-refractivity contribution in [2.24, 2.45) is 5.92 Å². The number of rotatable bonds is 5. The summed E-state index contributed by atoms with van der Waals surface area (Å²) >= 11 is 0. The normalized spacial score (nSPS) is 20.3. The van der Waals surface area contributed by atoms with E-state index in [1.165, 1.54) is 12.1 Å². The van der Waals surface area contributed by atoms with Gasteiger partial charge in [0.2, 0.25) is 0 Å². The van der Waals surface area contributed by atoms with Crippen molar-refractivity contribution in [3.63, 3.8) is 0 Å². The first kappa shape index (κ1) is 22.7. The molecule has 0 heterocycles. The van der Waals surface area contributed by atoms with E-state index in [2.05, 4.69) is 0 Å². The maximum atomic E-state index is 14.7. The third-order valence-electron chi connectivity index (χ3n) is 5.40. The Labute approximate surface area is 172 Å². The van der Waals surface area contributed by atoms with Gasteiger partial charge in [-0.25, -0.2) is 8.78 Å². The smallest absolute Gasteiger partial charge is 0.270 e. The first-order valence-corrected chi connectivity index (χ1v) is 11.3. The Kier molecular flexibility index (Phi) is 6.52. The monoisotopic (exact) mass is 448 g/mol. The number of halogens is 5. The number of hydrogen-bond acceptors (Lipinski definition) is 3. The van der Waals surface area contributed by atoms with E-state index in [1.54, 1.807) is 0 Å². The molecule has 0 N–H and O–H groups in total. The van der Waals surface area contributed by atoms with Crippen LogP contribution in [0.3, 0.4) is 0 Å². The Morgan fingerprint density at radius 2 is 1.50 bits per heavy atom. The fraction of sp³-hybridized carbons (Fsp3) is 0.429. The van der Waals surface area contributed by atoms with Gasteiger partial charge in [0.25, 0.3) is 10.1 Å². The van der Waals surface area contributed by atoms with Crippen molar-refractivity contribution >= 4 is 10.1 Å². The highest BCUT2D eigenvalue weighted by Crippen LogP contribution is 2.39. The number of alkyl halides is 3. The maximum Gasteiger partial charge on any atom is 0.416 e. The van der Waals surface area contributed by atoms with E-state index in [-0.39, 0.29) is 29.6 Å². The summed E-state index contributed by atoms with van der Waals surface area (Å²) in [5.74, 6) is -1.66. The van der Waals surface area contributed by atoms with Crippen molar-refractivity contribution in [3.8, 4) is 11.1 Å². The molecule has 0 atom stereocenters. The summed E-state index contributed by atoms with van der Waals surface area (Å²) in [7, 11) is -3.50. The van der Waals surface area contributed by atoms with Crippen LogP contribution in [-0.4, -0.2) is 21.3 Å². The molecule has 9 heteroatoms. The van der Waals surface area contributed by atoms with E-state index >= 15 is 0 Å². The van der Waals surface area contributed by atoms with Crippen LogP contribution in [0.4, 0.5) is 22.0 Å². The van der Waals surface area contributed by atoms with E-state index in [1.807, 2.05) is 0 Å². The van der Waals surface area contributed by atoms with Crippen molar-refractivity contribution in [3.05, 3.63) is 59.2 Å². The molecule has 1 fully saturated rings. The highest BCUT2D eigenvalue weighted by atomic mass is 32.2. The standard InChI is InChI=1S/C21H21F5O3S/c1-30(27,28)29-12-13-2-4-14(5-3-13)16-10-18(22)20(19(23)11-16)15-6-8-17(9-7-15)21(24,25)26/h6-11,13-14H,2-5,12H2,1H3/t13-,14-. The van der Waals surface area contributed by atoms with Crippen LogP contribution in [-0.2, 0) is 20.5 Å². The third-order valence-corrected chi connectivity index (χ3v) is 5.97. The van der Waals surface area contributed by atoms with Gasteiger partial charge in [-0.2, -0.15) is 21.6 Å². The van der Waals surface area contributed by atoms with E-state index in [0.717, 1.165) is 30.5 Å². The molecule has 3 rings (SSSR count). The van der Waals surface area contributed by atoms with Crippen LogP contribution >= 0.6 is 0 Å². The van der Waals surface area contributed by atoms with Crippen molar-refractivity contribution in [2.45, 2.75) is 37.8 Å². The van der Waals surface area contributed by atoms with Gasteiger partial charge in [0.1, 0.15) is 11.6 Å². The summed E-state index contributed by atoms with van der Waals surface area (Å²) in [4.78, 5) is 0. The Bertz CT molecular complexity index is 969. The zero-order valence-corrected chi connectivity index (χ0v) is 17.0. The molecule has 0 saturated heterocycles. The molecule has 2 aromatic rings. The van der Waals surface area contributed by atoms with E-state index in [9.17, 15) is 30.4 Å². The molecule has 0 radical (unpaired) electrons. The van der Waals surface area contributed by atoms with Gasteiger partial charge in [-0.3, -0.25) is 4.18 Å². The van der Waals surface area contributed by atoms with Crippen molar-refractivity contribution in [2.75, 3.05) is 12.9 Å². The summed E-state index contributed by atoms with van der Waals surface area (Å²) in [6.45, 7) is 0.0983. The Morgan fingerprint density at radius 3 is 1.97 bits per heavy atom. The SMILES string of the molecule is CS(=O)(=O)OC[C@H]1CC[C@H](c2cc(F)c(-c3ccc(C(F)(F)F)cc3)c(F)c2)CC1. The van der Waals surface area contributed by atoms with Gasteiger partial charge in [-0.1, -0.05) is 12.1 Å². The topological polar surface area (TPSA) is 43.4 Å². The Balaban J connectivity index is 1.73. The molecule has 164 valence electrons. The largest absolute Gasteiger partial charge is 0.416 e. The van der Waals surface area contributed by atoms with Crippen LogP contribution in [0.1, 0.15) is 42.7 Å². The number of hydrogen-bond donors (Lipinski definition) is 0. The minimum Gasteiger partial charge on any atom is -0.270 e. The van der Waals surface area contributed by atoms with Crippen molar-refractivity contribution in [1.29, 1.82) is 0 Å². The van der Waals surface area contributed by atoms with Crippen molar-refractivity contribution < 1.29 is 34.6 Å². The van der Waals surface area contributed by atoms with Crippen LogP contribution in [0.15, 0.2) is 36.4 Å². The molecule has 0 aliphatic heterocycles. The van der Waals surface area contributed by atoms with Crippen LogP contribution in [0, 0.1) is 17.6 Å². The van der Waals surface area contributed by atoms with E-state index in [4.69, 9.17) is 4.18 Å². The minimum atomic E-state index is -4.52. The van der Waals surface area contributed by atoms with Crippen molar-refractivity contribution in [1.82, 2.24) is 0 Å². The van der Waals surface area contributed by atoms with Crippen LogP contribution in [0.5, 0.6) is 0 Å². The van der Waals surface area contributed by atoms with Crippen LogP contribution in [0.25, 0.3) is 11.1 Å². The first-order valence-electron chi connectivity index (χ1n) is 9.45. The predicted molar refractivity (Wildman–Crippen MR) is 102 cm³/mol. The maximum absolute atomic E-state index is 14.7. The second-order valence-electron chi connectivity index (χ2n) is 7.64.